The van der Waals surface area contributed by atoms with Crippen molar-refractivity contribution in [3.8, 4) is 0 Å². The molecule has 76 valence electrons. The standard InChI is InChI=1S/C9H12N2O3/c1-14-9(13)7-5-10-11-3-2-6(12)4-8(7)11/h5-6,12H,2-4H2,1H3/t6-/m0/s1. The minimum atomic E-state index is -0.389. The Hall–Kier alpha value is -1.36. The van der Waals surface area contributed by atoms with Crippen molar-refractivity contribution in [2.75, 3.05) is 7.11 Å². The number of aliphatic hydroxyl groups is 1. The van der Waals surface area contributed by atoms with Gasteiger partial charge in [0.15, 0.2) is 0 Å². The number of ether oxygens (including phenoxy) is 1. The van der Waals surface area contributed by atoms with Gasteiger partial charge in [0.25, 0.3) is 0 Å². The van der Waals surface area contributed by atoms with Gasteiger partial charge in [0, 0.05) is 13.0 Å². The van der Waals surface area contributed by atoms with Gasteiger partial charge in [-0.1, -0.05) is 0 Å². The highest BCUT2D eigenvalue weighted by Crippen LogP contribution is 2.18. The molecular weight excluding hydrogens is 184 g/mol. The zero-order valence-corrected chi connectivity index (χ0v) is 7.93. The number of aromatic nitrogens is 2. The van der Waals surface area contributed by atoms with Crippen LogP contribution in [-0.2, 0) is 17.7 Å². The van der Waals surface area contributed by atoms with Crippen LogP contribution < -0.4 is 0 Å². The molecular formula is C9H12N2O3. The second-order valence-electron chi connectivity index (χ2n) is 3.37. The first-order chi connectivity index (χ1) is 6.72. The van der Waals surface area contributed by atoms with Gasteiger partial charge in [-0.3, -0.25) is 4.68 Å². The van der Waals surface area contributed by atoms with Crippen LogP contribution in [0.2, 0.25) is 0 Å². The average molecular weight is 196 g/mol. The zero-order chi connectivity index (χ0) is 10.1. The maximum Gasteiger partial charge on any atom is 0.341 e. The largest absolute Gasteiger partial charge is 0.465 e. The molecule has 0 saturated carbocycles. The highest BCUT2D eigenvalue weighted by molar-refractivity contribution is 5.90. The van der Waals surface area contributed by atoms with E-state index in [4.69, 9.17) is 0 Å². The van der Waals surface area contributed by atoms with E-state index in [1.807, 2.05) is 0 Å². The second-order valence-corrected chi connectivity index (χ2v) is 3.37. The smallest absolute Gasteiger partial charge is 0.341 e. The quantitative estimate of drug-likeness (QED) is 0.641. The summed E-state index contributed by atoms with van der Waals surface area (Å²) in [4.78, 5) is 11.3. The van der Waals surface area contributed by atoms with Crippen LogP contribution in [0.25, 0.3) is 0 Å². The summed E-state index contributed by atoms with van der Waals surface area (Å²) >= 11 is 0. The van der Waals surface area contributed by atoms with E-state index in [0.29, 0.717) is 24.9 Å². The number of hydrogen-bond acceptors (Lipinski definition) is 4. The molecule has 0 fully saturated rings. The predicted octanol–water partition coefficient (Wildman–Crippen LogP) is -0.0232. The van der Waals surface area contributed by atoms with Crippen LogP contribution in [0.5, 0.6) is 0 Å². The molecule has 0 aromatic carbocycles. The molecule has 2 heterocycles. The molecule has 0 amide bonds. The molecule has 1 aromatic rings. The van der Waals surface area contributed by atoms with Gasteiger partial charge in [-0.2, -0.15) is 5.10 Å². The van der Waals surface area contributed by atoms with Crippen LogP contribution in [0.3, 0.4) is 0 Å². The summed E-state index contributed by atoms with van der Waals surface area (Å²) in [6, 6.07) is 0. The first-order valence-corrected chi connectivity index (χ1v) is 4.53. The Bertz CT molecular complexity index is 359. The van der Waals surface area contributed by atoms with E-state index in [1.165, 1.54) is 13.3 Å². The number of aliphatic hydroxyl groups excluding tert-OH is 1. The second kappa shape index (κ2) is 3.42. The Morgan fingerprint density at radius 1 is 1.79 bits per heavy atom. The first-order valence-electron chi connectivity index (χ1n) is 4.53. The van der Waals surface area contributed by atoms with Crippen molar-refractivity contribution in [1.29, 1.82) is 0 Å². The Morgan fingerprint density at radius 3 is 3.29 bits per heavy atom. The van der Waals surface area contributed by atoms with Crippen LogP contribution in [-0.4, -0.2) is 34.1 Å². The van der Waals surface area contributed by atoms with Gasteiger partial charge in [-0.05, 0) is 6.42 Å². The normalized spacial score (nSPS) is 20.3. The zero-order valence-electron chi connectivity index (χ0n) is 7.93. The molecule has 14 heavy (non-hydrogen) atoms. The summed E-state index contributed by atoms with van der Waals surface area (Å²) in [7, 11) is 1.34. The summed E-state index contributed by atoms with van der Waals surface area (Å²) in [5.74, 6) is -0.389. The van der Waals surface area contributed by atoms with Crippen LogP contribution in [0.15, 0.2) is 6.20 Å². The molecule has 1 aliphatic heterocycles. The molecule has 0 spiro atoms. The molecule has 0 radical (unpaired) electrons. The van der Waals surface area contributed by atoms with E-state index in [-0.39, 0.29) is 12.1 Å². The summed E-state index contributed by atoms with van der Waals surface area (Å²) in [6.45, 7) is 0.660. The minimum Gasteiger partial charge on any atom is -0.465 e. The molecule has 0 bridgehead atoms. The number of nitrogens with zero attached hydrogens (tertiary/aromatic N) is 2. The van der Waals surface area contributed by atoms with Gasteiger partial charge >= 0.3 is 5.97 Å². The van der Waals surface area contributed by atoms with E-state index >= 15 is 0 Å². The lowest BCUT2D eigenvalue weighted by molar-refractivity contribution is 0.0597. The summed E-state index contributed by atoms with van der Waals surface area (Å²) in [5.41, 5.74) is 1.24. The highest BCUT2D eigenvalue weighted by Gasteiger charge is 2.24. The summed E-state index contributed by atoms with van der Waals surface area (Å²) in [5, 5.41) is 13.5. The predicted molar refractivity (Wildman–Crippen MR) is 47.9 cm³/mol. The van der Waals surface area contributed by atoms with Crippen molar-refractivity contribution in [3.63, 3.8) is 0 Å². The van der Waals surface area contributed by atoms with E-state index in [2.05, 4.69) is 9.84 Å². The number of hydrogen-bond donors (Lipinski definition) is 1. The fourth-order valence-corrected chi connectivity index (χ4v) is 1.70. The molecule has 1 N–H and O–H groups in total. The minimum absolute atomic E-state index is 0.373. The molecule has 5 nitrogen and oxygen atoms in total. The highest BCUT2D eigenvalue weighted by atomic mass is 16.5. The van der Waals surface area contributed by atoms with E-state index in [0.717, 1.165) is 5.69 Å². The molecule has 1 aromatic heterocycles. The van der Waals surface area contributed by atoms with Crippen LogP contribution in [0, 0.1) is 0 Å². The molecule has 1 atom stereocenters. The Morgan fingerprint density at radius 2 is 2.57 bits per heavy atom. The lowest BCUT2D eigenvalue weighted by atomic mass is 10.0. The molecule has 0 aliphatic carbocycles. The third-order valence-corrected chi connectivity index (χ3v) is 2.46. The van der Waals surface area contributed by atoms with Crippen LogP contribution >= 0.6 is 0 Å². The fraction of sp³-hybridized carbons (Fsp3) is 0.556. The maximum atomic E-state index is 11.3. The lowest BCUT2D eigenvalue weighted by Crippen LogP contribution is -2.25. The molecule has 0 unspecified atom stereocenters. The molecule has 5 heteroatoms. The number of carbonyl (C=O) groups excluding carboxylic acids is 1. The number of carbonyl (C=O) groups is 1. The number of rotatable bonds is 1. The third-order valence-electron chi connectivity index (χ3n) is 2.46. The number of fused-ring (bicyclic) bond motifs is 1. The van der Waals surface area contributed by atoms with Gasteiger partial charge in [0.2, 0.25) is 0 Å². The Labute approximate surface area is 81.3 Å². The maximum absolute atomic E-state index is 11.3. The lowest BCUT2D eigenvalue weighted by Gasteiger charge is -2.19. The fourth-order valence-electron chi connectivity index (χ4n) is 1.70. The summed E-state index contributed by atoms with van der Waals surface area (Å²) < 4.78 is 6.37. The van der Waals surface area contributed by atoms with Gasteiger partial charge in [0.1, 0.15) is 5.56 Å². The average Bonchev–Trinajstić information content (AvgIpc) is 2.59. The van der Waals surface area contributed by atoms with Crippen molar-refractivity contribution < 1.29 is 14.6 Å². The van der Waals surface area contributed by atoms with E-state index in [9.17, 15) is 9.90 Å². The van der Waals surface area contributed by atoms with E-state index in [1.54, 1.807) is 4.68 Å². The van der Waals surface area contributed by atoms with Crippen molar-refractivity contribution >= 4 is 5.97 Å². The van der Waals surface area contributed by atoms with Gasteiger partial charge < -0.3 is 9.84 Å². The van der Waals surface area contributed by atoms with Crippen molar-refractivity contribution in [1.82, 2.24) is 9.78 Å². The first kappa shape index (κ1) is 9.21. The molecule has 0 saturated heterocycles. The van der Waals surface area contributed by atoms with Crippen LogP contribution in [0.4, 0.5) is 0 Å². The SMILES string of the molecule is COC(=O)c1cnn2c1C[C@@H](O)CC2. The van der Waals surface area contributed by atoms with Crippen molar-refractivity contribution in [2.45, 2.75) is 25.5 Å². The Kier molecular flexibility index (Phi) is 2.25. The number of aryl methyl sites for hydroxylation is 1. The van der Waals surface area contributed by atoms with E-state index < -0.39 is 0 Å². The van der Waals surface area contributed by atoms with Crippen LogP contribution in [0.1, 0.15) is 22.5 Å². The van der Waals surface area contributed by atoms with Crippen molar-refractivity contribution in [3.05, 3.63) is 17.5 Å². The third kappa shape index (κ3) is 1.39. The topological polar surface area (TPSA) is 64.3 Å². The number of methoxy groups -OCH3 is 1. The molecule has 2 rings (SSSR count). The van der Waals surface area contributed by atoms with Gasteiger partial charge in [0.05, 0.1) is 25.1 Å². The van der Waals surface area contributed by atoms with Gasteiger partial charge in [-0.25, -0.2) is 4.79 Å². The Balaban J connectivity index is 2.35. The number of esters is 1. The summed E-state index contributed by atoms with van der Waals surface area (Å²) in [6.07, 6.45) is 2.29. The monoisotopic (exact) mass is 196 g/mol. The van der Waals surface area contributed by atoms with Gasteiger partial charge in [-0.15, -0.1) is 0 Å². The van der Waals surface area contributed by atoms with Crippen molar-refractivity contribution in [2.24, 2.45) is 0 Å². The molecule has 1 aliphatic rings.